The lowest BCUT2D eigenvalue weighted by atomic mass is 10.4. The second-order valence-electron chi connectivity index (χ2n) is 2.21. The lowest BCUT2D eigenvalue weighted by Crippen LogP contribution is -2.28. The standard InChI is InChI=1S/C7H8F2N2O/c8-6(9)7(12)11-4-5-2-1-3-10-5/h1-3,6,10H,4H2,(H,11,12). The Morgan fingerprint density at radius 1 is 1.67 bits per heavy atom. The van der Waals surface area contributed by atoms with Crippen molar-refractivity contribution in [3.8, 4) is 0 Å². The molecule has 0 saturated carbocycles. The maximum atomic E-state index is 11.6. The number of aromatic amines is 1. The number of alkyl halides is 2. The Bertz CT molecular complexity index is 246. The second-order valence-corrected chi connectivity index (χ2v) is 2.21. The molecular formula is C7H8F2N2O. The van der Waals surface area contributed by atoms with Gasteiger partial charge in [-0.15, -0.1) is 0 Å². The van der Waals surface area contributed by atoms with Gasteiger partial charge < -0.3 is 10.3 Å². The highest BCUT2D eigenvalue weighted by Crippen LogP contribution is 1.95. The molecule has 5 heteroatoms. The van der Waals surface area contributed by atoms with Crippen LogP contribution in [0.15, 0.2) is 18.3 Å². The van der Waals surface area contributed by atoms with Crippen LogP contribution < -0.4 is 5.32 Å². The molecule has 0 aliphatic heterocycles. The summed E-state index contributed by atoms with van der Waals surface area (Å²) in [4.78, 5) is 13.1. The number of rotatable bonds is 3. The summed E-state index contributed by atoms with van der Waals surface area (Å²) in [5, 5.41) is 2.06. The third-order valence-corrected chi connectivity index (χ3v) is 1.31. The number of hydrogen-bond donors (Lipinski definition) is 2. The first-order chi connectivity index (χ1) is 5.70. The molecule has 0 atom stereocenters. The Kier molecular flexibility index (Phi) is 2.79. The van der Waals surface area contributed by atoms with Crippen molar-refractivity contribution in [1.29, 1.82) is 0 Å². The van der Waals surface area contributed by atoms with Gasteiger partial charge in [0.05, 0.1) is 6.54 Å². The average molecular weight is 174 g/mol. The van der Waals surface area contributed by atoms with Crippen molar-refractivity contribution in [2.24, 2.45) is 0 Å². The summed E-state index contributed by atoms with van der Waals surface area (Å²) in [6.45, 7) is 0.107. The Morgan fingerprint density at radius 2 is 2.42 bits per heavy atom. The van der Waals surface area contributed by atoms with Gasteiger partial charge in [-0.1, -0.05) is 0 Å². The number of nitrogens with one attached hydrogen (secondary N) is 2. The number of carbonyl (C=O) groups excluding carboxylic acids is 1. The number of carbonyl (C=O) groups is 1. The van der Waals surface area contributed by atoms with Crippen LogP contribution in [0, 0.1) is 0 Å². The van der Waals surface area contributed by atoms with Crippen LogP contribution in [0.1, 0.15) is 5.69 Å². The summed E-state index contributed by atoms with van der Waals surface area (Å²) in [6.07, 6.45) is -1.29. The molecule has 0 aliphatic rings. The fourth-order valence-electron chi connectivity index (χ4n) is 0.737. The first-order valence-electron chi connectivity index (χ1n) is 3.38. The zero-order chi connectivity index (χ0) is 8.97. The quantitative estimate of drug-likeness (QED) is 0.702. The molecular weight excluding hydrogens is 166 g/mol. The van der Waals surface area contributed by atoms with Crippen LogP contribution in [0.4, 0.5) is 8.78 Å². The van der Waals surface area contributed by atoms with Gasteiger partial charge in [0.1, 0.15) is 0 Å². The van der Waals surface area contributed by atoms with Gasteiger partial charge in [-0.05, 0) is 12.1 Å². The Balaban J connectivity index is 2.32. The molecule has 1 rings (SSSR count). The Hall–Kier alpha value is -1.39. The van der Waals surface area contributed by atoms with E-state index in [9.17, 15) is 13.6 Å². The van der Waals surface area contributed by atoms with Crippen molar-refractivity contribution in [1.82, 2.24) is 10.3 Å². The second kappa shape index (κ2) is 3.85. The predicted molar refractivity (Wildman–Crippen MR) is 38.6 cm³/mol. The topological polar surface area (TPSA) is 44.9 Å². The van der Waals surface area contributed by atoms with Crippen molar-refractivity contribution in [3.05, 3.63) is 24.0 Å². The fraction of sp³-hybridized carbons (Fsp3) is 0.286. The van der Waals surface area contributed by atoms with Crippen molar-refractivity contribution in [2.45, 2.75) is 13.0 Å². The largest absolute Gasteiger partial charge is 0.364 e. The molecule has 3 nitrogen and oxygen atoms in total. The monoisotopic (exact) mass is 174 g/mol. The van der Waals surface area contributed by atoms with Crippen molar-refractivity contribution in [3.63, 3.8) is 0 Å². The van der Waals surface area contributed by atoms with Gasteiger partial charge in [0.25, 0.3) is 5.91 Å². The minimum absolute atomic E-state index is 0.107. The number of halogens is 2. The van der Waals surface area contributed by atoms with E-state index in [0.717, 1.165) is 0 Å². The van der Waals surface area contributed by atoms with Gasteiger partial charge >= 0.3 is 6.43 Å². The molecule has 0 radical (unpaired) electrons. The summed E-state index contributed by atoms with van der Waals surface area (Å²) in [5.74, 6) is -1.25. The number of H-pyrrole nitrogens is 1. The van der Waals surface area contributed by atoms with E-state index >= 15 is 0 Å². The fourth-order valence-corrected chi connectivity index (χ4v) is 0.737. The minimum Gasteiger partial charge on any atom is -0.364 e. The Labute approximate surface area is 67.8 Å². The van der Waals surface area contributed by atoms with E-state index in [-0.39, 0.29) is 6.54 Å². The Morgan fingerprint density at radius 3 is 2.92 bits per heavy atom. The van der Waals surface area contributed by atoms with Crippen LogP contribution in [0.25, 0.3) is 0 Å². The zero-order valence-corrected chi connectivity index (χ0v) is 6.18. The molecule has 0 saturated heterocycles. The van der Waals surface area contributed by atoms with Crippen LogP contribution in [0.5, 0.6) is 0 Å². The third-order valence-electron chi connectivity index (χ3n) is 1.31. The highest BCUT2D eigenvalue weighted by molar-refractivity contribution is 5.78. The van der Waals surface area contributed by atoms with E-state index in [0.29, 0.717) is 5.69 Å². The molecule has 0 aliphatic carbocycles. The maximum absolute atomic E-state index is 11.6. The van der Waals surface area contributed by atoms with Crippen molar-refractivity contribution in [2.75, 3.05) is 0 Å². The molecule has 66 valence electrons. The average Bonchev–Trinajstić information content (AvgIpc) is 2.51. The molecule has 0 bridgehead atoms. The van der Waals surface area contributed by atoms with Crippen LogP contribution in [0.2, 0.25) is 0 Å². The van der Waals surface area contributed by atoms with E-state index in [1.165, 1.54) is 0 Å². The minimum atomic E-state index is -2.94. The smallest absolute Gasteiger partial charge is 0.315 e. The van der Waals surface area contributed by atoms with E-state index in [1.807, 2.05) is 0 Å². The van der Waals surface area contributed by atoms with Gasteiger partial charge in [0.2, 0.25) is 0 Å². The molecule has 1 aromatic rings. The lowest BCUT2D eigenvalue weighted by molar-refractivity contribution is -0.131. The molecule has 12 heavy (non-hydrogen) atoms. The van der Waals surface area contributed by atoms with E-state index in [2.05, 4.69) is 10.3 Å². The van der Waals surface area contributed by atoms with Gasteiger partial charge in [-0.3, -0.25) is 4.79 Å². The summed E-state index contributed by atoms with van der Waals surface area (Å²) in [7, 11) is 0. The molecule has 0 unspecified atom stereocenters. The van der Waals surface area contributed by atoms with E-state index < -0.39 is 12.3 Å². The molecule has 2 N–H and O–H groups in total. The molecule has 1 aromatic heterocycles. The van der Waals surface area contributed by atoms with E-state index in [4.69, 9.17) is 0 Å². The number of amides is 1. The number of aromatic nitrogens is 1. The van der Waals surface area contributed by atoms with Gasteiger partial charge in [0.15, 0.2) is 0 Å². The summed E-state index contributed by atoms with van der Waals surface area (Å²) in [5.41, 5.74) is 0.698. The summed E-state index contributed by atoms with van der Waals surface area (Å²) in [6, 6.07) is 3.43. The molecule has 0 fully saturated rings. The SMILES string of the molecule is O=C(NCc1ccc[nH]1)C(F)F. The highest BCUT2D eigenvalue weighted by atomic mass is 19.3. The normalized spacial score (nSPS) is 10.2. The lowest BCUT2D eigenvalue weighted by Gasteiger charge is -2.01. The predicted octanol–water partition coefficient (Wildman–Crippen LogP) is 0.896. The van der Waals surface area contributed by atoms with Crippen LogP contribution in [-0.4, -0.2) is 17.3 Å². The molecule has 0 spiro atoms. The summed E-state index contributed by atoms with van der Waals surface area (Å²) >= 11 is 0. The first kappa shape index (κ1) is 8.70. The van der Waals surface area contributed by atoms with Crippen LogP contribution in [0.3, 0.4) is 0 Å². The zero-order valence-electron chi connectivity index (χ0n) is 6.18. The van der Waals surface area contributed by atoms with E-state index in [1.54, 1.807) is 18.3 Å². The van der Waals surface area contributed by atoms with Crippen LogP contribution >= 0.6 is 0 Å². The van der Waals surface area contributed by atoms with Crippen LogP contribution in [-0.2, 0) is 11.3 Å². The molecule has 1 heterocycles. The van der Waals surface area contributed by atoms with Gasteiger partial charge in [-0.25, -0.2) is 0 Å². The van der Waals surface area contributed by atoms with Crippen molar-refractivity contribution < 1.29 is 13.6 Å². The highest BCUT2D eigenvalue weighted by Gasteiger charge is 2.13. The number of hydrogen-bond acceptors (Lipinski definition) is 1. The van der Waals surface area contributed by atoms with Crippen molar-refractivity contribution >= 4 is 5.91 Å². The van der Waals surface area contributed by atoms with Gasteiger partial charge in [-0.2, -0.15) is 8.78 Å². The van der Waals surface area contributed by atoms with Gasteiger partial charge in [0, 0.05) is 11.9 Å². The third kappa shape index (κ3) is 2.34. The molecule has 1 amide bonds. The summed E-state index contributed by atoms with van der Waals surface area (Å²) < 4.78 is 23.3. The molecule has 0 aromatic carbocycles. The maximum Gasteiger partial charge on any atom is 0.315 e. The first-order valence-corrected chi connectivity index (χ1v) is 3.38.